The van der Waals surface area contributed by atoms with Crippen LogP contribution >= 0.6 is 31.9 Å². The molecule has 0 spiro atoms. The van der Waals surface area contributed by atoms with Crippen LogP contribution in [0.25, 0.3) is 0 Å². The van der Waals surface area contributed by atoms with Gasteiger partial charge in [0, 0.05) is 8.95 Å². The standard InChI is InChI=1S/C13H14Br2N2O3S/c1-7-4-11(15)12(5-10(7)14)21(18,19)17-9(3)13-16-6-8(2)20-13/h4-6,9,17H,1-3H3. The summed E-state index contributed by atoms with van der Waals surface area (Å²) in [4.78, 5) is 4.20. The first kappa shape index (κ1) is 16.7. The summed E-state index contributed by atoms with van der Waals surface area (Å²) in [6.45, 7) is 5.32. The van der Waals surface area contributed by atoms with E-state index in [0.717, 1.165) is 10.0 Å². The summed E-state index contributed by atoms with van der Waals surface area (Å²) in [5.74, 6) is 0.966. The Morgan fingerprint density at radius 3 is 2.48 bits per heavy atom. The van der Waals surface area contributed by atoms with Gasteiger partial charge >= 0.3 is 0 Å². The van der Waals surface area contributed by atoms with Crippen molar-refractivity contribution < 1.29 is 12.8 Å². The Bertz CT molecular complexity index is 772. The van der Waals surface area contributed by atoms with Crippen molar-refractivity contribution >= 4 is 41.9 Å². The molecule has 0 aliphatic rings. The molecule has 1 aromatic carbocycles. The van der Waals surface area contributed by atoms with Crippen molar-refractivity contribution in [2.24, 2.45) is 0 Å². The third-order valence-electron chi connectivity index (χ3n) is 2.84. The number of nitrogens with one attached hydrogen (secondary N) is 1. The number of aryl methyl sites for hydroxylation is 2. The second-order valence-corrected chi connectivity index (χ2v) is 8.08. The Morgan fingerprint density at radius 1 is 1.24 bits per heavy atom. The Hall–Kier alpha value is -0.700. The van der Waals surface area contributed by atoms with E-state index in [2.05, 4.69) is 41.6 Å². The molecule has 0 radical (unpaired) electrons. The highest BCUT2D eigenvalue weighted by Crippen LogP contribution is 2.29. The monoisotopic (exact) mass is 436 g/mol. The number of aromatic nitrogens is 1. The third kappa shape index (κ3) is 3.74. The molecule has 0 saturated carbocycles. The Balaban J connectivity index is 2.32. The second kappa shape index (κ2) is 6.20. The highest BCUT2D eigenvalue weighted by molar-refractivity contribution is 9.11. The molecule has 0 fully saturated rings. The zero-order valence-corrected chi connectivity index (χ0v) is 15.6. The van der Waals surface area contributed by atoms with Gasteiger partial charge in [0.2, 0.25) is 15.9 Å². The minimum Gasteiger partial charge on any atom is -0.444 e. The van der Waals surface area contributed by atoms with Crippen LogP contribution < -0.4 is 4.72 Å². The van der Waals surface area contributed by atoms with E-state index in [-0.39, 0.29) is 4.90 Å². The number of sulfonamides is 1. The quantitative estimate of drug-likeness (QED) is 0.788. The fourth-order valence-electron chi connectivity index (χ4n) is 1.75. The summed E-state index contributed by atoms with van der Waals surface area (Å²) in [6.07, 6.45) is 1.55. The maximum absolute atomic E-state index is 12.5. The molecule has 0 aliphatic carbocycles. The highest BCUT2D eigenvalue weighted by Gasteiger charge is 2.24. The molecule has 0 aliphatic heterocycles. The molecule has 5 nitrogen and oxygen atoms in total. The maximum Gasteiger partial charge on any atom is 0.242 e. The van der Waals surface area contributed by atoms with E-state index in [4.69, 9.17) is 4.42 Å². The number of halogens is 2. The number of hydrogen-bond acceptors (Lipinski definition) is 4. The van der Waals surface area contributed by atoms with Gasteiger partial charge in [0.1, 0.15) is 5.76 Å². The molecule has 1 aromatic heterocycles. The van der Waals surface area contributed by atoms with Gasteiger partial charge in [-0.05, 0) is 54.4 Å². The molecule has 0 bridgehead atoms. The fourth-order valence-corrected chi connectivity index (χ4v) is 4.63. The highest BCUT2D eigenvalue weighted by atomic mass is 79.9. The van der Waals surface area contributed by atoms with E-state index >= 15 is 0 Å². The zero-order valence-electron chi connectivity index (χ0n) is 11.6. The van der Waals surface area contributed by atoms with Crippen molar-refractivity contribution in [3.63, 3.8) is 0 Å². The van der Waals surface area contributed by atoms with E-state index in [1.807, 2.05) is 6.92 Å². The first-order chi connectivity index (χ1) is 9.70. The van der Waals surface area contributed by atoms with E-state index in [9.17, 15) is 8.42 Å². The molecule has 0 amide bonds. The number of oxazole rings is 1. The third-order valence-corrected chi connectivity index (χ3v) is 6.20. The molecule has 1 N–H and O–H groups in total. The summed E-state index contributed by atoms with van der Waals surface area (Å²) in [5, 5.41) is 0. The van der Waals surface area contributed by atoms with E-state index in [1.54, 1.807) is 32.2 Å². The van der Waals surface area contributed by atoms with Gasteiger partial charge in [-0.1, -0.05) is 15.9 Å². The van der Waals surface area contributed by atoms with Crippen molar-refractivity contribution in [2.75, 3.05) is 0 Å². The smallest absolute Gasteiger partial charge is 0.242 e. The van der Waals surface area contributed by atoms with Crippen molar-refractivity contribution in [3.8, 4) is 0 Å². The first-order valence-electron chi connectivity index (χ1n) is 6.11. The van der Waals surface area contributed by atoms with Crippen LogP contribution in [0.5, 0.6) is 0 Å². The average molecular weight is 438 g/mol. The molecule has 1 atom stereocenters. The van der Waals surface area contributed by atoms with Crippen LogP contribution in [0.3, 0.4) is 0 Å². The van der Waals surface area contributed by atoms with Crippen LogP contribution in [0.15, 0.2) is 36.6 Å². The normalized spacial score (nSPS) is 13.4. The molecule has 8 heteroatoms. The summed E-state index contributed by atoms with van der Waals surface area (Å²) < 4.78 is 34.1. The van der Waals surface area contributed by atoms with Crippen molar-refractivity contribution in [3.05, 3.63) is 44.5 Å². The van der Waals surface area contributed by atoms with E-state index < -0.39 is 16.1 Å². The summed E-state index contributed by atoms with van der Waals surface area (Å²) in [5.41, 5.74) is 0.942. The minimum absolute atomic E-state index is 0.162. The number of nitrogens with zero attached hydrogens (tertiary/aromatic N) is 1. The number of hydrogen-bond donors (Lipinski definition) is 1. The molecule has 2 aromatic rings. The maximum atomic E-state index is 12.5. The molecule has 1 heterocycles. The van der Waals surface area contributed by atoms with Crippen LogP contribution in [-0.4, -0.2) is 13.4 Å². The van der Waals surface area contributed by atoms with Gasteiger partial charge in [-0.2, -0.15) is 4.72 Å². The van der Waals surface area contributed by atoms with Gasteiger partial charge in [-0.15, -0.1) is 0 Å². The van der Waals surface area contributed by atoms with Crippen LogP contribution in [0.4, 0.5) is 0 Å². The second-order valence-electron chi connectivity index (χ2n) is 4.68. The first-order valence-corrected chi connectivity index (χ1v) is 9.18. The molecule has 2 rings (SSSR count). The van der Waals surface area contributed by atoms with E-state index in [1.165, 1.54) is 0 Å². The molecule has 1 unspecified atom stereocenters. The predicted octanol–water partition coefficient (Wildman–Crippen LogP) is 3.86. The minimum atomic E-state index is -3.70. The lowest BCUT2D eigenvalue weighted by Crippen LogP contribution is -2.27. The lowest BCUT2D eigenvalue weighted by atomic mass is 10.2. The van der Waals surface area contributed by atoms with Crippen LogP contribution in [0.2, 0.25) is 0 Å². The van der Waals surface area contributed by atoms with E-state index in [0.29, 0.717) is 16.1 Å². The SMILES string of the molecule is Cc1cnc(C(C)NS(=O)(=O)c2cc(Br)c(C)cc2Br)o1. The van der Waals surface area contributed by atoms with Crippen molar-refractivity contribution in [1.29, 1.82) is 0 Å². The summed E-state index contributed by atoms with van der Waals surface area (Å²) in [6, 6.07) is 2.75. The summed E-state index contributed by atoms with van der Waals surface area (Å²) >= 11 is 6.63. The number of rotatable bonds is 4. The van der Waals surface area contributed by atoms with Gasteiger partial charge < -0.3 is 4.42 Å². The molecule has 21 heavy (non-hydrogen) atoms. The molecule has 0 saturated heterocycles. The van der Waals surface area contributed by atoms with Crippen LogP contribution in [0, 0.1) is 13.8 Å². The van der Waals surface area contributed by atoms with Gasteiger partial charge in [0.25, 0.3) is 0 Å². The fraction of sp³-hybridized carbons (Fsp3) is 0.308. The van der Waals surface area contributed by atoms with Crippen LogP contribution in [-0.2, 0) is 10.0 Å². The topological polar surface area (TPSA) is 72.2 Å². The Kier molecular flexibility index (Phi) is 4.92. The van der Waals surface area contributed by atoms with Gasteiger partial charge in [-0.25, -0.2) is 13.4 Å². The molecular formula is C13H14Br2N2O3S. The van der Waals surface area contributed by atoms with Crippen molar-refractivity contribution in [1.82, 2.24) is 9.71 Å². The summed E-state index contributed by atoms with van der Waals surface area (Å²) in [7, 11) is -3.70. The Labute approximate surface area is 140 Å². The number of benzene rings is 1. The molecular weight excluding hydrogens is 424 g/mol. The van der Waals surface area contributed by atoms with Gasteiger partial charge in [0.05, 0.1) is 17.1 Å². The average Bonchev–Trinajstić information content (AvgIpc) is 2.80. The molecule has 114 valence electrons. The zero-order chi connectivity index (χ0) is 15.8. The lowest BCUT2D eigenvalue weighted by Gasteiger charge is -2.13. The predicted molar refractivity (Wildman–Crippen MR) is 86.6 cm³/mol. The van der Waals surface area contributed by atoms with Crippen molar-refractivity contribution in [2.45, 2.75) is 31.7 Å². The Morgan fingerprint density at radius 2 is 1.90 bits per heavy atom. The van der Waals surface area contributed by atoms with Gasteiger partial charge in [0.15, 0.2) is 0 Å². The van der Waals surface area contributed by atoms with Gasteiger partial charge in [-0.3, -0.25) is 0 Å². The van der Waals surface area contributed by atoms with Crippen LogP contribution in [0.1, 0.15) is 30.2 Å². The largest absolute Gasteiger partial charge is 0.444 e. The lowest BCUT2D eigenvalue weighted by molar-refractivity contribution is 0.427.